The lowest BCUT2D eigenvalue weighted by molar-refractivity contribution is -0.0230. The van der Waals surface area contributed by atoms with Gasteiger partial charge in [0.2, 0.25) is 0 Å². The van der Waals surface area contributed by atoms with Gasteiger partial charge in [-0.2, -0.15) is 0 Å². The highest BCUT2D eigenvalue weighted by molar-refractivity contribution is 4.95. The fourth-order valence-corrected chi connectivity index (χ4v) is 1.80. The SMILES string of the molecule is C#C[C@H](CC)OC1CNC(C(C)(C)C)CN1. The first kappa shape index (κ1) is 13.5. The van der Waals surface area contributed by atoms with E-state index in [1.165, 1.54) is 0 Å². The minimum atomic E-state index is -0.0783. The lowest BCUT2D eigenvalue weighted by atomic mass is 9.86. The largest absolute Gasteiger partial charge is 0.346 e. The third-order valence-electron chi connectivity index (χ3n) is 3.03. The first-order valence-electron chi connectivity index (χ1n) is 6.05. The minimum absolute atomic E-state index is 0.0413. The molecular formula is C13H24N2O. The second-order valence-corrected chi connectivity index (χ2v) is 5.42. The molecule has 0 aromatic heterocycles. The van der Waals surface area contributed by atoms with Crippen LogP contribution in [0.4, 0.5) is 0 Å². The summed E-state index contributed by atoms with van der Waals surface area (Å²) in [5, 5.41) is 6.90. The zero-order valence-corrected chi connectivity index (χ0v) is 10.8. The Hall–Kier alpha value is -0.560. The first-order chi connectivity index (χ1) is 7.47. The summed E-state index contributed by atoms with van der Waals surface area (Å²) in [6.07, 6.45) is 6.20. The molecule has 1 heterocycles. The van der Waals surface area contributed by atoms with Crippen molar-refractivity contribution in [1.29, 1.82) is 0 Å². The van der Waals surface area contributed by atoms with Crippen LogP contribution in [-0.4, -0.2) is 31.5 Å². The number of ether oxygens (including phenoxy) is 1. The molecule has 1 aliphatic rings. The number of nitrogens with one attached hydrogen (secondary N) is 2. The van der Waals surface area contributed by atoms with E-state index in [1.807, 2.05) is 6.92 Å². The summed E-state index contributed by atoms with van der Waals surface area (Å²) in [4.78, 5) is 0. The van der Waals surface area contributed by atoms with Gasteiger partial charge in [0.15, 0.2) is 0 Å². The molecule has 0 amide bonds. The van der Waals surface area contributed by atoms with Crippen LogP contribution in [0.2, 0.25) is 0 Å². The van der Waals surface area contributed by atoms with E-state index in [1.54, 1.807) is 0 Å². The van der Waals surface area contributed by atoms with Gasteiger partial charge in [-0.25, -0.2) is 0 Å². The predicted octanol–water partition coefficient (Wildman–Crippen LogP) is 1.35. The van der Waals surface area contributed by atoms with E-state index in [-0.39, 0.29) is 17.7 Å². The molecule has 3 atom stereocenters. The van der Waals surface area contributed by atoms with Crippen LogP contribution in [0.1, 0.15) is 34.1 Å². The molecule has 0 radical (unpaired) electrons. The zero-order valence-electron chi connectivity index (χ0n) is 10.8. The minimum Gasteiger partial charge on any atom is -0.346 e. The van der Waals surface area contributed by atoms with E-state index in [2.05, 4.69) is 37.3 Å². The van der Waals surface area contributed by atoms with Crippen LogP contribution in [0.5, 0.6) is 0 Å². The highest BCUT2D eigenvalue weighted by Gasteiger charge is 2.29. The molecular weight excluding hydrogens is 200 g/mol. The fraction of sp³-hybridized carbons (Fsp3) is 0.846. The van der Waals surface area contributed by atoms with Gasteiger partial charge in [0.05, 0.1) is 0 Å². The molecule has 0 saturated carbocycles. The Kier molecular flexibility index (Phi) is 4.79. The molecule has 0 spiro atoms. The molecule has 0 aliphatic carbocycles. The summed E-state index contributed by atoms with van der Waals surface area (Å²) in [5.74, 6) is 2.65. The third-order valence-corrected chi connectivity index (χ3v) is 3.03. The molecule has 3 nitrogen and oxygen atoms in total. The highest BCUT2D eigenvalue weighted by Crippen LogP contribution is 2.20. The van der Waals surface area contributed by atoms with Gasteiger partial charge in [-0.1, -0.05) is 33.6 Å². The Morgan fingerprint density at radius 1 is 1.38 bits per heavy atom. The predicted molar refractivity (Wildman–Crippen MR) is 67.0 cm³/mol. The van der Waals surface area contributed by atoms with E-state index in [4.69, 9.17) is 11.2 Å². The molecule has 2 N–H and O–H groups in total. The monoisotopic (exact) mass is 224 g/mol. The molecule has 1 saturated heterocycles. The molecule has 3 heteroatoms. The summed E-state index contributed by atoms with van der Waals surface area (Å²) in [5.41, 5.74) is 0.272. The molecule has 92 valence electrons. The third kappa shape index (κ3) is 3.79. The van der Waals surface area contributed by atoms with Crippen molar-refractivity contribution in [3.05, 3.63) is 0 Å². The van der Waals surface area contributed by atoms with Gasteiger partial charge in [-0.15, -0.1) is 6.42 Å². The maximum Gasteiger partial charge on any atom is 0.122 e. The van der Waals surface area contributed by atoms with E-state index in [0.717, 1.165) is 19.5 Å². The maximum absolute atomic E-state index is 5.74. The summed E-state index contributed by atoms with van der Waals surface area (Å²) in [7, 11) is 0. The summed E-state index contributed by atoms with van der Waals surface area (Å²) >= 11 is 0. The molecule has 16 heavy (non-hydrogen) atoms. The standard InChI is InChI=1S/C13H24N2O/c1-6-10(7-2)16-12-9-14-11(8-15-12)13(3,4)5/h1,10-12,14-15H,7-9H2,2-5H3/t10-,11?,12?/m1/s1. The summed E-state index contributed by atoms with van der Waals surface area (Å²) in [6, 6.07) is 0.485. The maximum atomic E-state index is 5.74. The number of piperazine rings is 1. The van der Waals surface area contributed by atoms with Crippen molar-refractivity contribution in [2.24, 2.45) is 5.41 Å². The van der Waals surface area contributed by atoms with Crippen molar-refractivity contribution < 1.29 is 4.74 Å². The fourth-order valence-electron chi connectivity index (χ4n) is 1.80. The second-order valence-electron chi connectivity index (χ2n) is 5.42. The van der Waals surface area contributed by atoms with Crippen LogP contribution in [0.25, 0.3) is 0 Å². The van der Waals surface area contributed by atoms with Gasteiger partial charge in [-0.05, 0) is 11.8 Å². The van der Waals surface area contributed by atoms with E-state index in [0.29, 0.717) is 6.04 Å². The van der Waals surface area contributed by atoms with Gasteiger partial charge in [-0.3, -0.25) is 5.32 Å². The van der Waals surface area contributed by atoms with Crippen molar-refractivity contribution in [1.82, 2.24) is 10.6 Å². The van der Waals surface area contributed by atoms with Crippen LogP contribution in [0.3, 0.4) is 0 Å². The molecule has 0 aromatic carbocycles. The van der Waals surface area contributed by atoms with E-state index in [9.17, 15) is 0 Å². The quantitative estimate of drug-likeness (QED) is 0.710. The Morgan fingerprint density at radius 2 is 2.06 bits per heavy atom. The van der Waals surface area contributed by atoms with Crippen LogP contribution < -0.4 is 10.6 Å². The van der Waals surface area contributed by atoms with Gasteiger partial charge in [0, 0.05) is 19.1 Å². The van der Waals surface area contributed by atoms with Crippen LogP contribution in [0.15, 0.2) is 0 Å². The average molecular weight is 224 g/mol. The normalized spacial score (nSPS) is 28.4. The van der Waals surface area contributed by atoms with Crippen molar-refractivity contribution in [3.63, 3.8) is 0 Å². The van der Waals surface area contributed by atoms with E-state index < -0.39 is 0 Å². The molecule has 0 aromatic rings. The molecule has 1 rings (SSSR count). The smallest absolute Gasteiger partial charge is 0.122 e. The van der Waals surface area contributed by atoms with Crippen LogP contribution >= 0.6 is 0 Å². The average Bonchev–Trinajstić information content (AvgIpc) is 2.25. The van der Waals surface area contributed by atoms with Gasteiger partial charge >= 0.3 is 0 Å². The molecule has 1 fully saturated rings. The highest BCUT2D eigenvalue weighted by atomic mass is 16.5. The Labute approximate surface area is 99.3 Å². The van der Waals surface area contributed by atoms with Gasteiger partial charge < -0.3 is 10.1 Å². The lowest BCUT2D eigenvalue weighted by Crippen LogP contribution is -2.59. The van der Waals surface area contributed by atoms with Crippen molar-refractivity contribution in [2.45, 2.75) is 52.5 Å². The number of terminal acetylenes is 1. The second kappa shape index (κ2) is 5.67. The van der Waals surface area contributed by atoms with Crippen molar-refractivity contribution in [2.75, 3.05) is 13.1 Å². The van der Waals surface area contributed by atoms with Crippen LogP contribution in [0, 0.1) is 17.8 Å². The first-order valence-corrected chi connectivity index (χ1v) is 6.05. The summed E-state index contributed by atoms with van der Waals surface area (Å²) < 4.78 is 5.74. The van der Waals surface area contributed by atoms with Gasteiger partial charge in [0.25, 0.3) is 0 Å². The van der Waals surface area contributed by atoms with Crippen molar-refractivity contribution in [3.8, 4) is 12.3 Å². The Balaban J connectivity index is 2.35. The topological polar surface area (TPSA) is 33.3 Å². The number of hydrogen-bond acceptors (Lipinski definition) is 3. The lowest BCUT2D eigenvalue weighted by Gasteiger charge is -2.39. The van der Waals surface area contributed by atoms with Gasteiger partial charge in [0.1, 0.15) is 12.3 Å². The summed E-state index contributed by atoms with van der Waals surface area (Å²) in [6.45, 7) is 10.5. The van der Waals surface area contributed by atoms with Crippen molar-refractivity contribution >= 4 is 0 Å². The Bertz CT molecular complexity index is 244. The number of rotatable bonds is 3. The number of hydrogen-bond donors (Lipinski definition) is 2. The zero-order chi connectivity index (χ0) is 12.2. The van der Waals surface area contributed by atoms with Crippen LogP contribution in [-0.2, 0) is 4.74 Å². The van der Waals surface area contributed by atoms with E-state index >= 15 is 0 Å². The molecule has 1 aliphatic heterocycles. The molecule has 0 bridgehead atoms. The molecule has 2 unspecified atom stereocenters. The Morgan fingerprint density at radius 3 is 2.44 bits per heavy atom.